The van der Waals surface area contributed by atoms with Crippen molar-refractivity contribution in [2.24, 2.45) is 0 Å². The Morgan fingerprint density at radius 2 is 1.61 bits per heavy atom. The molecule has 0 aliphatic heterocycles. The monoisotopic (exact) mass is 376 g/mol. The van der Waals surface area contributed by atoms with Crippen LogP contribution in [0.2, 0.25) is 0 Å². The summed E-state index contributed by atoms with van der Waals surface area (Å²) in [7, 11) is 0. The highest BCUT2D eigenvalue weighted by Crippen LogP contribution is 2.26. The Bertz CT molecular complexity index is 888. The van der Waals surface area contributed by atoms with E-state index in [2.05, 4.69) is 0 Å². The molecule has 0 amide bonds. The molecule has 1 atom stereocenters. The van der Waals surface area contributed by atoms with Crippen LogP contribution in [0, 0.1) is 0 Å². The maximum Gasteiger partial charge on any atom is 0.347 e. The summed E-state index contributed by atoms with van der Waals surface area (Å²) in [6.07, 6.45) is -0.649. The fourth-order valence-electron chi connectivity index (χ4n) is 2.75. The average Bonchev–Trinajstić information content (AvgIpc) is 2.74. The molecule has 0 fully saturated rings. The molecule has 0 saturated carbocycles. The molecule has 28 heavy (non-hydrogen) atoms. The van der Waals surface area contributed by atoms with Crippen molar-refractivity contribution < 1.29 is 19.0 Å². The highest BCUT2D eigenvalue weighted by molar-refractivity contribution is 5.74. The van der Waals surface area contributed by atoms with Crippen molar-refractivity contribution in [1.82, 2.24) is 0 Å². The smallest absolute Gasteiger partial charge is 0.347 e. The predicted octanol–water partition coefficient (Wildman–Crippen LogP) is 5.26. The van der Waals surface area contributed by atoms with E-state index in [1.807, 2.05) is 78.9 Å². The topological polar surface area (TPSA) is 44.8 Å². The molecule has 1 unspecified atom stereocenters. The molecule has 4 heteroatoms. The van der Waals surface area contributed by atoms with Gasteiger partial charge in [0.15, 0.2) is 6.10 Å². The van der Waals surface area contributed by atoms with Crippen molar-refractivity contribution in [3.8, 4) is 22.6 Å². The number of carbonyl (C=O) groups excluding carboxylic acids is 1. The summed E-state index contributed by atoms with van der Waals surface area (Å²) in [6, 6.07) is 25.6. The molecule has 4 nitrogen and oxygen atoms in total. The Morgan fingerprint density at radius 3 is 2.32 bits per heavy atom. The normalized spacial score (nSPS) is 11.5. The lowest BCUT2D eigenvalue weighted by atomic mass is 10.1. The van der Waals surface area contributed by atoms with Gasteiger partial charge in [0.2, 0.25) is 0 Å². The highest BCUT2D eigenvalue weighted by Gasteiger charge is 2.15. The molecule has 0 spiro atoms. The lowest BCUT2D eigenvalue weighted by Crippen LogP contribution is -2.26. The Balaban J connectivity index is 1.64. The Hall–Kier alpha value is -3.27. The zero-order valence-electron chi connectivity index (χ0n) is 16.1. The second-order valence-electron chi connectivity index (χ2n) is 6.34. The van der Waals surface area contributed by atoms with Crippen LogP contribution in [0.3, 0.4) is 0 Å². The third-order valence-corrected chi connectivity index (χ3v) is 4.20. The Labute approximate surface area is 165 Å². The summed E-state index contributed by atoms with van der Waals surface area (Å²) in [5.74, 6) is 1.08. The first kappa shape index (κ1) is 19.5. The molecule has 3 aromatic carbocycles. The summed E-state index contributed by atoms with van der Waals surface area (Å²) in [5.41, 5.74) is 3.18. The van der Waals surface area contributed by atoms with Crippen molar-refractivity contribution in [2.75, 3.05) is 6.61 Å². The zero-order valence-corrected chi connectivity index (χ0v) is 16.1. The molecule has 3 aromatic rings. The predicted molar refractivity (Wildman–Crippen MR) is 109 cm³/mol. The van der Waals surface area contributed by atoms with Gasteiger partial charge >= 0.3 is 5.97 Å². The number of benzene rings is 3. The van der Waals surface area contributed by atoms with Crippen LogP contribution >= 0.6 is 0 Å². The van der Waals surface area contributed by atoms with Crippen LogP contribution in [-0.2, 0) is 16.1 Å². The largest absolute Gasteiger partial charge is 0.489 e. The van der Waals surface area contributed by atoms with Crippen LogP contribution in [0.5, 0.6) is 11.5 Å². The maximum atomic E-state index is 11.7. The summed E-state index contributed by atoms with van der Waals surface area (Å²) in [6.45, 7) is 4.34. The summed E-state index contributed by atoms with van der Waals surface area (Å²) < 4.78 is 16.5. The van der Waals surface area contributed by atoms with Crippen LogP contribution in [0.4, 0.5) is 0 Å². The Kier molecular flexibility index (Phi) is 6.68. The maximum absolute atomic E-state index is 11.7. The van der Waals surface area contributed by atoms with Gasteiger partial charge in [0.25, 0.3) is 0 Å². The lowest BCUT2D eigenvalue weighted by Gasteiger charge is -2.14. The van der Waals surface area contributed by atoms with Crippen molar-refractivity contribution in [3.63, 3.8) is 0 Å². The molecular weight excluding hydrogens is 352 g/mol. The molecule has 0 heterocycles. The molecule has 0 saturated heterocycles. The van der Waals surface area contributed by atoms with Gasteiger partial charge < -0.3 is 14.2 Å². The second kappa shape index (κ2) is 9.60. The fourth-order valence-corrected chi connectivity index (χ4v) is 2.75. The third-order valence-electron chi connectivity index (χ3n) is 4.20. The molecule has 0 aliphatic rings. The van der Waals surface area contributed by atoms with Gasteiger partial charge in [-0.2, -0.15) is 0 Å². The van der Waals surface area contributed by atoms with Crippen LogP contribution in [0.15, 0.2) is 78.9 Å². The molecule has 0 radical (unpaired) electrons. The van der Waals surface area contributed by atoms with Crippen LogP contribution in [0.1, 0.15) is 19.4 Å². The number of hydrogen-bond acceptors (Lipinski definition) is 4. The van der Waals surface area contributed by atoms with Gasteiger partial charge in [-0.25, -0.2) is 4.79 Å². The molecule has 0 aromatic heterocycles. The third kappa shape index (κ3) is 5.36. The fraction of sp³-hybridized carbons (Fsp3) is 0.208. The zero-order chi connectivity index (χ0) is 19.8. The van der Waals surface area contributed by atoms with Gasteiger partial charge in [0.1, 0.15) is 18.1 Å². The average molecular weight is 376 g/mol. The van der Waals surface area contributed by atoms with Gasteiger partial charge in [-0.05, 0) is 54.8 Å². The molecule has 0 aliphatic carbocycles. The van der Waals surface area contributed by atoms with Crippen molar-refractivity contribution in [2.45, 2.75) is 26.6 Å². The Morgan fingerprint density at radius 1 is 0.857 bits per heavy atom. The van der Waals surface area contributed by atoms with E-state index in [0.29, 0.717) is 19.0 Å². The molecule has 144 valence electrons. The summed E-state index contributed by atoms with van der Waals surface area (Å²) in [5, 5.41) is 0. The minimum Gasteiger partial charge on any atom is -0.489 e. The van der Waals surface area contributed by atoms with Gasteiger partial charge in [-0.1, -0.05) is 54.6 Å². The van der Waals surface area contributed by atoms with E-state index in [9.17, 15) is 4.79 Å². The van der Waals surface area contributed by atoms with Gasteiger partial charge in [-0.15, -0.1) is 0 Å². The first-order valence-electron chi connectivity index (χ1n) is 9.36. The molecule has 0 N–H and O–H groups in total. The minimum absolute atomic E-state index is 0.339. The first-order valence-corrected chi connectivity index (χ1v) is 9.36. The van der Waals surface area contributed by atoms with E-state index < -0.39 is 6.10 Å². The van der Waals surface area contributed by atoms with E-state index in [1.165, 1.54) is 0 Å². The number of carbonyl (C=O) groups is 1. The lowest BCUT2D eigenvalue weighted by molar-refractivity contribution is -0.150. The van der Waals surface area contributed by atoms with Gasteiger partial charge in [-0.3, -0.25) is 0 Å². The van der Waals surface area contributed by atoms with E-state index in [1.54, 1.807) is 13.8 Å². The second-order valence-corrected chi connectivity index (χ2v) is 6.34. The van der Waals surface area contributed by atoms with Gasteiger partial charge in [0.05, 0.1) is 6.61 Å². The van der Waals surface area contributed by atoms with Crippen LogP contribution in [0.25, 0.3) is 11.1 Å². The standard InChI is InChI=1S/C24H24O4/c1-3-26-24(25)18(2)28-23-11-7-10-21(16-23)20-12-14-22(15-13-20)27-17-19-8-5-4-6-9-19/h4-16,18H,3,17H2,1-2H3. The summed E-state index contributed by atoms with van der Waals surface area (Å²) >= 11 is 0. The van der Waals surface area contributed by atoms with E-state index in [-0.39, 0.29) is 5.97 Å². The summed E-state index contributed by atoms with van der Waals surface area (Å²) in [4.78, 5) is 11.7. The minimum atomic E-state index is -0.649. The number of rotatable bonds is 8. The molecule has 0 bridgehead atoms. The van der Waals surface area contributed by atoms with E-state index >= 15 is 0 Å². The van der Waals surface area contributed by atoms with E-state index in [4.69, 9.17) is 14.2 Å². The molecular formula is C24H24O4. The first-order chi connectivity index (χ1) is 13.7. The highest BCUT2D eigenvalue weighted by atomic mass is 16.6. The number of esters is 1. The quantitative estimate of drug-likeness (QED) is 0.503. The SMILES string of the molecule is CCOC(=O)C(C)Oc1cccc(-c2ccc(OCc3ccccc3)cc2)c1. The molecule has 3 rings (SSSR count). The number of ether oxygens (including phenoxy) is 3. The van der Waals surface area contributed by atoms with Crippen molar-refractivity contribution in [1.29, 1.82) is 0 Å². The van der Waals surface area contributed by atoms with Crippen LogP contribution < -0.4 is 9.47 Å². The van der Waals surface area contributed by atoms with Crippen molar-refractivity contribution >= 4 is 5.97 Å². The number of hydrogen-bond donors (Lipinski definition) is 0. The van der Waals surface area contributed by atoms with E-state index in [0.717, 1.165) is 22.4 Å². The van der Waals surface area contributed by atoms with Crippen molar-refractivity contribution in [3.05, 3.63) is 84.4 Å². The van der Waals surface area contributed by atoms with Gasteiger partial charge in [0, 0.05) is 0 Å². The van der Waals surface area contributed by atoms with Crippen LogP contribution in [-0.4, -0.2) is 18.7 Å².